The van der Waals surface area contributed by atoms with Gasteiger partial charge in [-0.1, -0.05) is 182 Å². The summed E-state index contributed by atoms with van der Waals surface area (Å²) in [4.78, 5) is 2.38. The maximum atomic E-state index is 6.76. The number of para-hydroxylation sites is 3. The highest BCUT2D eigenvalue weighted by Gasteiger charge is 2.21. The van der Waals surface area contributed by atoms with Gasteiger partial charge in [0.1, 0.15) is 22.3 Å². The van der Waals surface area contributed by atoms with E-state index in [0.29, 0.717) is 0 Å². The van der Waals surface area contributed by atoms with Crippen LogP contribution >= 0.6 is 0 Å². The molecule has 0 atom stereocenters. The second-order valence-electron chi connectivity index (χ2n) is 16.4. The molecule has 3 nitrogen and oxygen atoms in total. The van der Waals surface area contributed by atoms with Crippen LogP contribution in [0.2, 0.25) is 0 Å². The molecule has 2 heterocycles. The zero-order chi connectivity index (χ0) is 41.4. The van der Waals surface area contributed by atoms with E-state index in [9.17, 15) is 0 Å². The Kier molecular flexibility index (Phi) is 7.91. The van der Waals surface area contributed by atoms with Gasteiger partial charge in [0, 0.05) is 60.4 Å². The lowest BCUT2D eigenvalue weighted by molar-refractivity contribution is 0.673. The molecule has 0 saturated heterocycles. The molecule has 0 aliphatic carbocycles. The van der Waals surface area contributed by atoms with Gasteiger partial charge in [-0.15, -0.1) is 0 Å². The third kappa shape index (κ3) is 5.60. The van der Waals surface area contributed by atoms with Gasteiger partial charge in [-0.3, -0.25) is 0 Å². The van der Waals surface area contributed by atoms with Gasteiger partial charge in [-0.25, -0.2) is 0 Å². The number of benzene rings is 11. The molecule has 0 saturated carbocycles. The Balaban J connectivity index is 0.956. The highest BCUT2D eigenvalue weighted by molar-refractivity contribution is 6.18. The first-order valence-corrected chi connectivity index (χ1v) is 21.5. The van der Waals surface area contributed by atoms with Gasteiger partial charge in [0.25, 0.3) is 0 Å². The summed E-state index contributed by atoms with van der Waals surface area (Å²) >= 11 is 0. The zero-order valence-electron chi connectivity index (χ0n) is 34.1. The van der Waals surface area contributed by atoms with E-state index in [0.717, 1.165) is 99.5 Å². The minimum Gasteiger partial charge on any atom is -0.455 e. The van der Waals surface area contributed by atoms with Gasteiger partial charge >= 0.3 is 0 Å². The Hall–Kier alpha value is -8.40. The average molecular weight is 804 g/mol. The van der Waals surface area contributed by atoms with Gasteiger partial charge in [0.05, 0.1) is 5.69 Å². The Morgan fingerprint density at radius 3 is 1.17 bits per heavy atom. The molecule has 2 aromatic heterocycles. The third-order valence-electron chi connectivity index (χ3n) is 12.9. The fourth-order valence-corrected chi connectivity index (χ4v) is 9.87. The van der Waals surface area contributed by atoms with E-state index >= 15 is 0 Å². The number of hydrogen-bond donors (Lipinski definition) is 0. The van der Waals surface area contributed by atoms with E-state index in [-0.39, 0.29) is 0 Å². The van der Waals surface area contributed by atoms with Crippen LogP contribution in [0.25, 0.3) is 110 Å². The summed E-state index contributed by atoms with van der Waals surface area (Å²) in [5.41, 5.74) is 13.5. The maximum Gasteiger partial charge on any atom is 0.143 e. The lowest BCUT2D eigenvalue weighted by atomic mass is 9.95. The Bertz CT molecular complexity index is 3710. The third-order valence-corrected chi connectivity index (χ3v) is 12.9. The van der Waals surface area contributed by atoms with Crippen LogP contribution in [-0.4, -0.2) is 0 Å². The predicted molar refractivity (Wildman–Crippen MR) is 265 cm³/mol. The fraction of sp³-hybridized carbons (Fsp3) is 0. The molecule has 0 aliphatic rings. The highest BCUT2D eigenvalue weighted by Crippen LogP contribution is 2.45. The van der Waals surface area contributed by atoms with Gasteiger partial charge in [-0.2, -0.15) is 0 Å². The van der Waals surface area contributed by atoms with Crippen molar-refractivity contribution in [3.63, 3.8) is 0 Å². The van der Waals surface area contributed by atoms with Crippen LogP contribution < -0.4 is 4.90 Å². The second-order valence-corrected chi connectivity index (χ2v) is 16.4. The van der Waals surface area contributed by atoms with Crippen molar-refractivity contribution < 1.29 is 8.83 Å². The van der Waals surface area contributed by atoms with E-state index < -0.39 is 0 Å². The molecule has 13 aromatic rings. The van der Waals surface area contributed by atoms with Crippen molar-refractivity contribution in [1.29, 1.82) is 0 Å². The molecule has 0 amide bonds. The molecule has 0 spiro atoms. The summed E-state index contributed by atoms with van der Waals surface area (Å²) in [5.74, 6) is 0. The van der Waals surface area contributed by atoms with Crippen molar-refractivity contribution in [2.75, 3.05) is 4.90 Å². The van der Waals surface area contributed by atoms with E-state index in [1.54, 1.807) is 0 Å². The van der Waals surface area contributed by atoms with Crippen LogP contribution in [0.3, 0.4) is 0 Å². The van der Waals surface area contributed by atoms with Gasteiger partial charge < -0.3 is 13.7 Å². The molecular weight excluding hydrogens is 767 g/mol. The number of anilines is 3. The minimum atomic E-state index is 0.901. The van der Waals surface area contributed by atoms with Gasteiger partial charge in [0.15, 0.2) is 0 Å². The number of hydrogen-bond acceptors (Lipinski definition) is 3. The molecule has 3 heteroatoms. The Morgan fingerprint density at radius 1 is 0.238 bits per heavy atom. The molecule has 63 heavy (non-hydrogen) atoms. The van der Waals surface area contributed by atoms with Crippen molar-refractivity contribution in [2.45, 2.75) is 0 Å². The van der Waals surface area contributed by atoms with Crippen LogP contribution in [0.15, 0.2) is 233 Å². The van der Waals surface area contributed by atoms with Crippen molar-refractivity contribution in [3.8, 4) is 33.4 Å². The molecule has 0 fully saturated rings. The molecular formula is C60H37NO2. The van der Waals surface area contributed by atoms with Crippen molar-refractivity contribution >= 4 is 93.3 Å². The Morgan fingerprint density at radius 2 is 0.619 bits per heavy atom. The number of rotatable bonds is 6. The molecule has 0 bridgehead atoms. The smallest absolute Gasteiger partial charge is 0.143 e. The van der Waals surface area contributed by atoms with Crippen LogP contribution in [0.5, 0.6) is 0 Å². The number of fused-ring (bicyclic) bond motifs is 11. The van der Waals surface area contributed by atoms with E-state index in [1.807, 2.05) is 0 Å². The van der Waals surface area contributed by atoms with Gasteiger partial charge in [-0.05, 0) is 80.7 Å². The first-order chi connectivity index (χ1) is 31.2. The molecule has 13 rings (SSSR count). The van der Waals surface area contributed by atoms with Crippen LogP contribution in [-0.2, 0) is 0 Å². The SMILES string of the molecule is c1ccc(N(c2ccc(-c3cccc4c3oc3c5ccccc5ccc43)cc2)c2ccc(-c3cccc4c3oc3c5ccccc5ccc43)cc2)c(-c2cccc3ccccc23)c1. The first kappa shape index (κ1) is 35.4. The van der Waals surface area contributed by atoms with Gasteiger partial charge in [0.2, 0.25) is 0 Å². The summed E-state index contributed by atoms with van der Waals surface area (Å²) < 4.78 is 13.5. The monoisotopic (exact) mass is 803 g/mol. The summed E-state index contributed by atoms with van der Waals surface area (Å²) in [5, 5.41) is 11.5. The topological polar surface area (TPSA) is 29.5 Å². The minimum absolute atomic E-state index is 0.901. The number of nitrogens with zero attached hydrogens (tertiary/aromatic N) is 1. The van der Waals surface area contributed by atoms with Crippen LogP contribution in [0.4, 0.5) is 17.1 Å². The Labute approximate surface area is 363 Å². The standard InChI is InChI=1S/C60H37NO2/c1-4-16-45-38(12-1)15-9-22-50(45)51-19-7-8-25-56(51)61(43-32-26-41(27-33-43)48-20-10-23-52-54-36-30-39-13-2-5-17-46(39)59(54)62-57(48)52)44-34-28-42(29-35-44)49-21-11-24-53-55-37-31-40-14-3-6-18-47(40)60(55)63-58(49)53/h1-37H. The normalized spacial score (nSPS) is 11.8. The van der Waals surface area contributed by atoms with Crippen molar-refractivity contribution in [2.24, 2.45) is 0 Å². The van der Waals surface area contributed by atoms with Crippen LogP contribution in [0.1, 0.15) is 0 Å². The van der Waals surface area contributed by atoms with Crippen LogP contribution in [0, 0.1) is 0 Å². The zero-order valence-corrected chi connectivity index (χ0v) is 34.1. The van der Waals surface area contributed by atoms with E-state index in [2.05, 4.69) is 229 Å². The highest BCUT2D eigenvalue weighted by atomic mass is 16.3. The quantitative estimate of drug-likeness (QED) is 0.168. The van der Waals surface area contributed by atoms with Crippen molar-refractivity contribution in [1.82, 2.24) is 0 Å². The number of furan rings is 2. The largest absolute Gasteiger partial charge is 0.455 e. The lowest BCUT2D eigenvalue weighted by Gasteiger charge is -2.28. The van der Waals surface area contributed by atoms with E-state index in [4.69, 9.17) is 8.83 Å². The average Bonchev–Trinajstić information content (AvgIpc) is 3.94. The first-order valence-electron chi connectivity index (χ1n) is 21.5. The predicted octanol–water partition coefficient (Wildman–Crippen LogP) is 17.4. The summed E-state index contributed by atoms with van der Waals surface area (Å²) in [6.07, 6.45) is 0. The van der Waals surface area contributed by atoms with E-state index in [1.165, 1.54) is 27.1 Å². The molecule has 0 radical (unpaired) electrons. The second kappa shape index (κ2) is 14.1. The molecule has 294 valence electrons. The van der Waals surface area contributed by atoms with Crippen molar-refractivity contribution in [3.05, 3.63) is 224 Å². The molecule has 0 N–H and O–H groups in total. The summed E-state index contributed by atoms with van der Waals surface area (Å²) in [7, 11) is 0. The fourth-order valence-electron chi connectivity index (χ4n) is 9.87. The summed E-state index contributed by atoms with van der Waals surface area (Å²) in [6, 6.07) is 80.4. The molecule has 0 unspecified atom stereocenters. The molecule has 0 aliphatic heterocycles. The maximum absolute atomic E-state index is 6.76. The molecule has 11 aromatic carbocycles. The summed E-state index contributed by atoms with van der Waals surface area (Å²) in [6.45, 7) is 0. The lowest BCUT2D eigenvalue weighted by Crippen LogP contribution is -2.11.